The van der Waals surface area contributed by atoms with Crippen molar-refractivity contribution in [3.05, 3.63) is 84.0 Å². The van der Waals surface area contributed by atoms with Crippen LogP contribution in [0.5, 0.6) is 5.75 Å². The average molecular weight is 351 g/mol. The van der Waals surface area contributed by atoms with Gasteiger partial charge >= 0.3 is 0 Å². The molecule has 2 aromatic rings. The quantitative estimate of drug-likeness (QED) is 0.537. The highest BCUT2D eigenvalue weighted by molar-refractivity contribution is 5.91. The monoisotopic (exact) mass is 351 g/mol. The SMILES string of the molecule is C=CCOc1ccc(/C=C/C(=O)NCc2ccccc2C[NH+](C)C)cc1. The van der Waals surface area contributed by atoms with E-state index in [0.717, 1.165) is 23.4 Å². The van der Waals surface area contributed by atoms with Crippen LogP contribution in [0.2, 0.25) is 0 Å². The number of amides is 1. The number of carbonyl (C=O) groups excluding carboxylic acids is 1. The molecule has 2 rings (SSSR count). The third-order valence-electron chi connectivity index (χ3n) is 3.79. The van der Waals surface area contributed by atoms with E-state index in [1.54, 1.807) is 18.2 Å². The van der Waals surface area contributed by atoms with Crippen molar-refractivity contribution >= 4 is 12.0 Å². The van der Waals surface area contributed by atoms with Crippen molar-refractivity contribution in [2.75, 3.05) is 20.7 Å². The highest BCUT2D eigenvalue weighted by Crippen LogP contribution is 2.13. The lowest BCUT2D eigenvalue weighted by Gasteiger charge is -2.12. The maximum Gasteiger partial charge on any atom is 0.244 e. The molecule has 2 aromatic carbocycles. The van der Waals surface area contributed by atoms with E-state index < -0.39 is 0 Å². The second-order valence-corrected chi connectivity index (χ2v) is 6.37. The van der Waals surface area contributed by atoms with Crippen LogP contribution in [-0.4, -0.2) is 26.6 Å². The van der Waals surface area contributed by atoms with E-state index in [4.69, 9.17) is 4.74 Å². The minimum atomic E-state index is -0.107. The minimum absolute atomic E-state index is 0.107. The third-order valence-corrected chi connectivity index (χ3v) is 3.79. The molecule has 0 saturated carbocycles. The van der Waals surface area contributed by atoms with Crippen molar-refractivity contribution in [1.29, 1.82) is 0 Å². The maximum atomic E-state index is 12.1. The molecule has 0 aliphatic rings. The minimum Gasteiger partial charge on any atom is -0.490 e. The molecule has 0 fully saturated rings. The van der Waals surface area contributed by atoms with Gasteiger partial charge in [0, 0.05) is 18.2 Å². The van der Waals surface area contributed by atoms with Gasteiger partial charge in [-0.1, -0.05) is 49.1 Å². The number of nitrogens with one attached hydrogen (secondary N) is 2. The molecule has 0 saturated heterocycles. The first-order valence-corrected chi connectivity index (χ1v) is 8.74. The topological polar surface area (TPSA) is 42.8 Å². The van der Waals surface area contributed by atoms with Crippen molar-refractivity contribution in [2.24, 2.45) is 0 Å². The predicted molar refractivity (Wildman–Crippen MR) is 106 cm³/mol. The molecule has 26 heavy (non-hydrogen) atoms. The molecule has 136 valence electrons. The zero-order valence-electron chi connectivity index (χ0n) is 15.5. The van der Waals surface area contributed by atoms with E-state index in [1.165, 1.54) is 10.5 Å². The van der Waals surface area contributed by atoms with Gasteiger partial charge in [-0.3, -0.25) is 4.79 Å². The van der Waals surface area contributed by atoms with Gasteiger partial charge in [-0.25, -0.2) is 0 Å². The lowest BCUT2D eigenvalue weighted by atomic mass is 10.1. The van der Waals surface area contributed by atoms with Gasteiger partial charge in [0.1, 0.15) is 18.9 Å². The van der Waals surface area contributed by atoms with Crippen molar-refractivity contribution in [2.45, 2.75) is 13.1 Å². The van der Waals surface area contributed by atoms with E-state index in [-0.39, 0.29) is 5.91 Å². The molecule has 1 amide bonds. The third kappa shape index (κ3) is 6.57. The highest BCUT2D eigenvalue weighted by Gasteiger charge is 2.06. The fourth-order valence-corrected chi connectivity index (χ4v) is 2.53. The zero-order valence-corrected chi connectivity index (χ0v) is 15.5. The van der Waals surface area contributed by atoms with E-state index in [2.05, 4.69) is 38.1 Å². The normalized spacial score (nSPS) is 10.9. The summed E-state index contributed by atoms with van der Waals surface area (Å²) in [4.78, 5) is 13.4. The Hall–Kier alpha value is -2.85. The fourth-order valence-electron chi connectivity index (χ4n) is 2.53. The summed E-state index contributed by atoms with van der Waals surface area (Å²) in [5.41, 5.74) is 3.36. The van der Waals surface area contributed by atoms with Crippen LogP contribution in [0.25, 0.3) is 6.08 Å². The average Bonchev–Trinajstić information content (AvgIpc) is 2.64. The summed E-state index contributed by atoms with van der Waals surface area (Å²) < 4.78 is 5.44. The molecule has 4 heteroatoms. The molecule has 0 bridgehead atoms. The molecule has 0 aliphatic carbocycles. The Morgan fingerprint density at radius 2 is 1.81 bits per heavy atom. The molecule has 0 spiro atoms. The molecule has 0 aromatic heterocycles. The number of benzene rings is 2. The van der Waals surface area contributed by atoms with Crippen LogP contribution in [-0.2, 0) is 17.9 Å². The Kier molecular flexibility index (Phi) is 7.65. The van der Waals surface area contributed by atoms with Crippen LogP contribution in [0, 0.1) is 0 Å². The highest BCUT2D eigenvalue weighted by atomic mass is 16.5. The molecular weight excluding hydrogens is 324 g/mol. The van der Waals surface area contributed by atoms with Crippen LogP contribution in [0.15, 0.2) is 67.3 Å². The van der Waals surface area contributed by atoms with Gasteiger partial charge < -0.3 is 15.0 Å². The molecule has 0 unspecified atom stereocenters. The second kappa shape index (κ2) is 10.2. The lowest BCUT2D eigenvalue weighted by Crippen LogP contribution is -3.04. The zero-order chi connectivity index (χ0) is 18.8. The summed E-state index contributed by atoms with van der Waals surface area (Å²) >= 11 is 0. The van der Waals surface area contributed by atoms with Crippen molar-refractivity contribution in [3.8, 4) is 5.75 Å². The van der Waals surface area contributed by atoms with Crippen LogP contribution < -0.4 is 15.0 Å². The molecule has 0 atom stereocenters. The summed E-state index contributed by atoms with van der Waals surface area (Å²) in [6.07, 6.45) is 5.05. The van der Waals surface area contributed by atoms with Crippen LogP contribution in [0.4, 0.5) is 0 Å². The summed E-state index contributed by atoms with van der Waals surface area (Å²) in [7, 11) is 4.23. The number of carbonyl (C=O) groups is 1. The number of hydrogen-bond donors (Lipinski definition) is 2. The van der Waals surface area contributed by atoms with Gasteiger partial charge in [-0.05, 0) is 29.3 Å². The molecule has 2 N–H and O–H groups in total. The molecule has 0 radical (unpaired) electrons. The molecule has 0 aliphatic heterocycles. The Labute approximate surface area is 155 Å². The van der Waals surface area contributed by atoms with E-state index in [1.807, 2.05) is 36.4 Å². The maximum absolute atomic E-state index is 12.1. The first kappa shape index (κ1) is 19.5. The van der Waals surface area contributed by atoms with Crippen molar-refractivity contribution in [3.63, 3.8) is 0 Å². The summed E-state index contributed by atoms with van der Waals surface area (Å²) in [6, 6.07) is 15.8. The van der Waals surface area contributed by atoms with Gasteiger partial charge in [0.15, 0.2) is 0 Å². The van der Waals surface area contributed by atoms with Crippen molar-refractivity contribution < 1.29 is 14.4 Å². The Balaban J connectivity index is 1.89. The van der Waals surface area contributed by atoms with Gasteiger partial charge in [-0.15, -0.1) is 0 Å². The molecular formula is C22H27N2O2+. The first-order valence-electron chi connectivity index (χ1n) is 8.74. The van der Waals surface area contributed by atoms with Crippen LogP contribution >= 0.6 is 0 Å². The summed E-state index contributed by atoms with van der Waals surface area (Å²) in [6.45, 7) is 5.56. The van der Waals surface area contributed by atoms with E-state index in [9.17, 15) is 4.79 Å². The smallest absolute Gasteiger partial charge is 0.244 e. The lowest BCUT2D eigenvalue weighted by molar-refractivity contribution is -0.872. The van der Waals surface area contributed by atoms with Crippen LogP contribution in [0.3, 0.4) is 0 Å². The van der Waals surface area contributed by atoms with Gasteiger partial charge in [0.2, 0.25) is 5.91 Å². The number of ether oxygens (including phenoxy) is 1. The largest absolute Gasteiger partial charge is 0.490 e. The Bertz CT molecular complexity index is 749. The van der Waals surface area contributed by atoms with Gasteiger partial charge in [-0.2, -0.15) is 0 Å². The van der Waals surface area contributed by atoms with Gasteiger partial charge in [0.05, 0.1) is 14.1 Å². The summed E-state index contributed by atoms with van der Waals surface area (Å²) in [5, 5.41) is 2.95. The summed E-state index contributed by atoms with van der Waals surface area (Å²) in [5.74, 6) is 0.676. The van der Waals surface area contributed by atoms with E-state index >= 15 is 0 Å². The number of rotatable bonds is 9. The van der Waals surface area contributed by atoms with Gasteiger partial charge in [0.25, 0.3) is 0 Å². The molecule has 4 nitrogen and oxygen atoms in total. The Morgan fingerprint density at radius 1 is 1.12 bits per heavy atom. The molecule has 0 heterocycles. The predicted octanol–water partition coefficient (Wildman–Crippen LogP) is 2.23. The van der Waals surface area contributed by atoms with E-state index in [0.29, 0.717) is 13.2 Å². The number of quaternary nitrogens is 1. The van der Waals surface area contributed by atoms with Crippen LogP contribution in [0.1, 0.15) is 16.7 Å². The second-order valence-electron chi connectivity index (χ2n) is 6.37. The Morgan fingerprint density at radius 3 is 2.46 bits per heavy atom. The fraction of sp³-hybridized carbons (Fsp3) is 0.227. The first-order chi connectivity index (χ1) is 12.6. The standard InChI is InChI=1S/C22H26N2O2/c1-4-15-26-21-12-9-18(10-13-21)11-14-22(25)23-16-19-7-5-6-8-20(19)17-24(2)3/h4-14H,1,15-17H2,2-3H3,(H,23,25)/p+1/b14-11+. The van der Waals surface area contributed by atoms with Crippen molar-refractivity contribution in [1.82, 2.24) is 5.32 Å². The number of hydrogen-bond acceptors (Lipinski definition) is 2.